The number of piperidine rings is 1. The lowest BCUT2D eigenvalue weighted by Crippen LogP contribution is -2.44. The van der Waals surface area contributed by atoms with Gasteiger partial charge in [-0.25, -0.2) is 0 Å². The lowest BCUT2D eigenvalue weighted by atomic mass is 9.77. The van der Waals surface area contributed by atoms with E-state index in [-0.39, 0.29) is 0 Å². The number of benzene rings is 1. The number of aliphatic hydroxyl groups is 1. The Morgan fingerprint density at radius 1 is 1.03 bits per heavy atom. The first-order valence-electron chi connectivity index (χ1n) is 13.4. The van der Waals surface area contributed by atoms with E-state index in [1.165, 1.54) is 76.2 Å². The molecule has 2 aliphatic heterocycles. The molecule has 4 heteroatoms. The van der Waals surface area contributed by atoms with Gasteiger partial charge >= 0.3 is 0 Å². The molecule has 5 fully saturated rings. The second kappa shape index (κ2) is 8.21. The minimum Gasteiger partial charge on any atom is -0.374 e. The van der Waals surface area contributed by atoms with Crippen LogP contribution in [-0.2, 0) is 0 Å². The zero-order chi connectivity index (χ0) is 21.8. The number of nitrogens with one attached hydrogen (secondary N) is 1. The van der Waals surface area contributed by atoms with Gasteiger partial charge in [0.05, 0.1) is 0 Å². The Labute approximate surface area is 193 Å². The first-order chi connectivity index (χ1) is 15.6. The topological polar surface area (TPSA) is 52.3 Å². The molecule has 2 heterocycles. The molecule has 0 aromatic heterocycles. The van der Waals surface area contributed by atoms with Crippen LogP contribution in [0.3, 0.4) is 0 Å². The highest BCUT2D eigenvalue weighted by molar-refractivity contribution is 5.74. The Bertz CT molecular complexity index is 821. The fourth-order valence-electron chi connectivity index (χ4n) is 8.52. The highest BCUT2D eigenvalue weighted by Crippen LogP contribution is 2.56. The summed E-state index contributed by atoms with van der Waals surface area (Å²) in [6, 6.07) is 9.43. The van der Waals surface area contributed by atoms with Gasteiger partial charge in [-0.15, -0.1) is 0 Å². The maximum Gasteiger partial charge on any atom is 0.150 e. The normalized spacial score (nSPS) is 38.9. The van der Waals surface area contributed by atoms with E-state index in [2.05, 4.69) is 22.3 Å². The summed E-state index contributed by atoms with van der Waals surface area (Å²) < 4.78 is 0. The second-order valence-electron chi connectivity index (χ2n) is 11.8. The molecule has 1 aromatic carbocycles. The standard InChI is InChI=1S/C28H40N2O2/c31-18-20-9-11-22(12-10-20)26(21-6-1-2-7-21)24-16-23(28(32)19-30(24)28)17-29-25-8-5-15-27(25)13-3-4-14-27/h9-12,18,21,23-26,29,32H,1-8,13-17,19H2/t23-,24-,25-,26+,28+,30?/m0/s1. The third-order valence-electron chi connectivity index (χ3n) is 10.3. The highest BCUT2D eigenvalue weighted by Gasteiger charge is 2.66. The van der Waals surface area contributed by atoms with Crippen molar-refractivity contribution in [2.45, 2.75) is 101 Å². The van der Waals surface area contributed by atoms with Crippen LogP contribution in [0.15, 0.2) is 24.3 Å². The van der Waals surface area contributed by atoms with Crippen LogP contribution in [0, 0.1) is 17.3 Å². The molecule has 3 aliphatic carbocycles. The molecule has 1 aromatic rings. The van der Waals surface area contributed by atoms with Crippen molar-refractivity contribution in [2.24, 2.45) is 17.3 Å². The van der Waals surface area contributed by atoms with Crippen molar-refractivity contribution < 1.29 is 9.90 Å². The van der Waals surface area contributed by atoms with Gasteiger partial charge in [-0.05, 0) is 61.8 Å². The van der Waals surface area contributed by atoms with Crippen LogP contribution in [0.1, 0.15) is 98.9 Å². The molecule has 2 saturated heterocycles. The molecule has 32 heavy (non-hydrogen) atoms. The number of fused-ring (bicyclic) bond motifs is 1. The predicted octanol–water partition coefficient (Wildman–Crippen LogP) is 4.87. The summed E-state index contributed by atoms with van der Waals surface area (Å²) in [6.07, 6.45) is 17.1. The van der Waals surface area contributed by atoms with Gasteiger partial charge in [0.25, 0.3) is 0 Å². The van der Waals surface area contributed by atoms with E-state index >= 15 is 0 Å². The number of aldehydes is 1. The van der Waals surface area contributed by atoms with Gasteiger partial charge in [0.15, 0.2) is 0 Å². The van der Waals surface area contributed by atoms with Crippen LogP contribution in [0.25, 0.3) is 0 Å². The fourth-order valence-corrected chi connectivity index (χ4v) is 8.52. The zero-order valence-corrected chi connectivity index (χ0v) is 19.5. The maximum absolute atomic E-state index is 11.5. The van der Waals surface area contributed by atoms with Gasteiger partial charge < -0.3 is 10.4 Å². The number of hydrogen-bond donors (Lipinski definition) is 2. The van der Waals surface area contributed by atoms with Gasteiger partial charge in [-0.2, -0.15) is 0 Å². The second-order valence-corrected chi connectivity index (χ2v) is 11.8. The summed E-state index contributed by atoms with van der Waals surface area (Å²) in [5, 5.41) is 15.5. The van der Waals surface area contributed by atoms with Gasteiger partial charge in [-0.3, -0.25) is 9.69 Å². The Hall–Kier alpha value is -1.23. The molecular weight excluding hydrogens is 396 g/mol. The SMILES string of the molecule is O=Cc1ccc([C@@H](C2CCCC2)[C@@H]2C[C@@H](CN[C@H]3CCCC34CCCC4)[C@]3(O)CN23)cc1. The molecule has 0 amide bonds. The summed E-state index contributed by atoms with van der Waals surface area (Å²) in [6.45, 7) is 1.81. The minimum absolute atomic E-state index is 0.338. The average molecular weight is 437 g/mol. The monoisotopic (exact) mass is 436 g/mol. The highest BCUT2D eigenvalue weighted by atomic mass is 16.3. The van der Waals surface area contributed by atoms with Crippen LogP contribution in [0.2, 0.25) is 0 Å². The van der Waals surface area contributed by atoms with Gasteiger partial charge in [0.2, 0.25) is 0 Å². The van der Waals surface area contributed by atoms with E-state index in [0.29, 0.717) is 35.3 Å². The van der Waals surface area contributed by atoms with Crippen molar-refractivity contribution in [1.29, 1.82) is 0 Å². The van der Waals surface area contributed by atoms with E-state index in [1.54, 1.807) is 0 Å². The molecule has 1 spiro atoms. The summed E-state index contributed by atoms with van der Waals surface area (Å²) in [5.74, 6) is 1.52. The number of hydrogen-bond acceptors (Lipinski definition) is 4. The van der Waals surface area contributed by atoms with Crippen LogP contribution in [0.4, 0.5) is 0 Å². The number of nitrogens with zero attached hydrogens (tertiary/aromatic N) is 1. The zero-order valence-electron chi connectivity index (χ0n) is 19.5. The maximum atomic E-state index is 11.5. The Balaban J connectivity index is 1.18. The average Bonchev–Trinajstić information content (AvgIpc) is 3.37. The molecule has 6 rings (SSSR count). The van der Waals surface area contributed by atoms with Gasteiger partial charge in [0, 0.05) is 42.6 Å². The largest absolute Gasteiger partial charge is 0.374 e. The summed E-state index contributed by atoms with van der Waals surface area (Å²) in [7, 11) is 0. The Morgan fingerprint density at radius 3 is 2.47 bits per heavy atom. The van der Waals surface area contributed by atoms with Crippen molar-refractivity contribution in [3.8, 4) is 0 Å². The van der Waals surface area contributed by atoms with Crippen LogP contribution in [0.5, 0.6) is 0 Å². The molecule has 6 atom stereocenters. The molecule has 1 unspecified atom stereocenters. The van der Waals surface area contributed by atoms with Gasteiger partial charge in [0.1, 0.15) is 12.0 Å². The van der Waals surface area contributed by atoms with E-state index < -0.39 is 5.72 Å². The summed E-state index contributed by atoms with van der Waals surface area (Å²) in [4.78, 5) is 13.6. The third kappa shape index (κ3) is 3.49. The van der Waals surface area contributed by atoms with Crippen LogP contribution < -0.4 is 5.32 Å². The number of carbonyl (C=O) groups is 1. The van der Waals surface area contributed by atoms with E-state index in [1.807, 2.05) is 12.1 Å². The molecule has 0 bridgehead atoms. The first kappa shape index (κ1) is 21.3. The quantitative estimate of drug-likeness (QED) is 0.473. The Kier molecular flexibility index (Phi) is 5.47. The van der Waals surface area contributed by atoms with Crippen molar-refractivity contribution in [3.63, 3.8) is 0 Å². The van der Waals surface area contributed by atoms with Crippen molar-refractivity contribution in [3.05, 3.63) is 35.4 Å². The molecule has 2 N–H and O–H groups in total. The Morgan fingerprint density at radius 2 is 1.75 bits per heavy atom. The predicted molar refractivity (Wildman–Crippen MR) is 127 cm³/mol. The van der Waals surface area contributed by atoms with Crippen LogP contribution >= 0.6 is 0 Å². The van der Waals surface area contributed by atoms with E-state index in [9.17, 15) is 9.90 Å². The summed E-state index contributed by atoms with van der Waals surface area (Å²) >= 11 is 0. The van der Waals surface area contributed by atoms with Crippen LogP contribution in [-0.4, -0.2) is 47.2 Å². The number of rotatable bonds is 7. The smallest absolute Gasteiger partial charge is 0.150 e. The van der Waals surface area contributed by atoms with Crippen molar-refractivity contribution in [2.75, 3.05) is 13.1 Å². The lowest BCUT2D eigenvalue weighted by molar-refractivity contribution is 0.0571. The fraction of sp³-hybridized carbons (Fsp3) is 0.750. The number of carbonyl (C=O) groups excluding carboxylic acids is 1. The van der Waals surface area contributed by atoms with Gasteiger partial charge in [-0.1, -0.05) is 56.4 Å². The lowest BCUT2D eigenvalue weighted by Gasteiger charge is -2.34. The molecule has 0 radical (unpaired) electrons. The van der Waals surface area contributed by atoms with Crippen molar-refractivity contribution in [1.82, 2.24) is 10.2 Å². The molecule has 5 aliphatic rings. The van der Waals surface area contributed by atoms with E-state index in [4.69, 9.17) is 0 Å². The first-order valence-corrected chi connectivity index (χ1v) is 13.4. The molecule has 3 saturated carbocycles. The molecule has 174 valence electrons. The summed E-state index contributed by atoms with van der Waals surface area (Å²) in [5.41, 5.74) is 2.11. The molecule has 4 nitrogen and oxygen atoms in total. The van der Waals surface area contributed by atoms with Crippen molar-refractivity contribution >= 4 is 6.29 Å². The molecular formula is C28H40N2O2. The minimum atomic E-state index is -0.585. The third-order valence-corrected chi connectivity index (χ3v) is 10.3. The van der Waals surface area contributed by atoms with E-state index in [0.717, 1.165) is 31.4 Å².